The highest BCUT2D eigenvalue weighted by Crippen LogP contribution is 2.23. The molecule has 0 aliphatic carbocycles. The lowest BCUT2D eigenvalue weighted by Crippen LogP contribution is -2.30. The minimum Gasteiger partial charge on any atom is -0.335 e. The van der Waals surface area contributed by atoms with Crippen LogP contribution in [0, 0.1) is 11.6 Å². The maximum Gasteiger partial charge on any atom is 0.257 e. The summed E-state index contributed by atoms with van der Waals surface area (Å²) in [6.45, 7) is 1.69. The normalized spacial score (nSPS) is 12.0. The fourth-order valence-electron chi connectivity index (χ4n) is 1.94. The van der Waals surface area contributed by atoms with Crippen molar-refractivity contribution < 1.29 is 13.6 Å². The Kier molecular flexibility index (Phi) is 4.08. The van der Waals surface area contributed by atoms with Crippen LogP contribution in [0.25, 0.3) is 0 Å². The van der Waals surface area contributed by atoms with Crippen LogP contribution in [0.2, 0.25) is 0 Å². The van der Waals surface area contributed by atoms with Crippen molar-refractivity contribution in [3.63, 3.8) is 0 Å². The van der Waals surface area contributed by atoms with Gasteiger partial charge in [-0.1, -0.05) is 18.2 Å². The number of halogens is 2. The molecule has 0 saturated heterocycles. The third-order valence-corrected chi connectivity index (χ3v) is 3.26. The minimum atomic E-state index is -0.690. The minimum absolute atomic E-state index is 0.0781. The van der Waals surface area contributed by atoms with Crippen molar-refractivity contribution in [2.45, 2.75) is 13.0 Å². The van der Waals surface area contributed by atoms with Crippen molar-refractivity contribution in [2.75, 3.05) is 7.05 Å². The topological polar surface area (TPSA) is 33.2 Å². The van der Waals surface area contributed by atoms with E-state index in [2.05, 4.69) is 4.98 Å². The summed E-state index contributed by atoms with van der Waals surface area (Å²) in [5, 5.41) is 0. The average Bonchev–Trinajstić information content (AvgIpc) is 2.46. The smallest absolute Gasteiger partial charge is 0.257 e. The third-order valence-electron chi connectivity index (χ3n) is 3.26. The lowest BCUT2D eigenvalue weighted by Gasteiger charge is -2.25. The van der Waals surface area contributed by atoms with E-state index in [0.29, 0.717) is 5.56 Å². The van der Waals surface area contributed by atoms with E-state index in [-0.39, 0.29) is 5.56 Å². The zero-order valence-corrected chi connectivity index (χ0v) is 11.2. The highest BCUT2D eigenvalue weighted by Gasteiger charge is 2.23. The molecule has 0 radical (unpaired) electrons. The van der Waals surface area contributed by atoms with Crippen LogP contribution in [0.3, 0.4) is 0 Å². The van der Waals surface area contributed by atoms with Gasteiger partial charge in [0.05, 0.1) is 17.8 Å². The first kappa shape index (κ1) is 14.1. The zero-order chi connectivity index (χ0) is 14.7. The highest BCUT2D eigenvalue weighted by molar-refractivity contribution is 5.94. The van der Waals surface area contributed by atoms with E-state index in [1.165, 1.54) is 30.3 Å². The molecule has 0 N–H and O–H groups in total. The van der Waals surface area contributed by atoms with Crippen molar-refractivity contribution in [1.82, 2.24) is 9.88 Å². The Labute approximate surface area is 115 Å². The van der Waals surface area contributed by atoms with Crippen LogP contribution in [0.4, 0.5) is 8.78 Å². The van der Waals surface area contributed by atoms with E-state index >= 15 is 0 Å². The molecule has 1 unspecified atom stereocenters. The molecular weight excluding hydrogens is 262 g/mol. The van der Waals surface area contributed by atoms with Crippen LogP contribution in [0.5, 0.6) is 0 Å². The summed E-state index contributed by atoms with van der Waals surface area (Å²) >= 11 is 0. The summed E-state index contributed by atoms with van der Waals surface area (Å²) in [6.07, 6.45) is 2.33. The molecule has 1 aromatic heterocycles. The van der Waals surface area contributed by atoms with Crippen molar-refractivity contribution in [3.05, 3.63) is 65.5 Å². The van der Waals surface area contributed by atoms with Crippen molar-refractivity contribution in [1.29, 1.82) is 0 Å². The van der Waals surface area contributed by atoms with Gasteiger partial charge in [0.15, 0.2) is 5.82 Å². The molecule has 1 aromatic carbocycles. The maximum absolute atomic E-state index is 13.7. The fourth-order valence-corrected chi connectivity index (χ4v) is 1.94. The summed E-state index contributed by atoms with van der Waals surface area (Å²) in [5.41, 5.74) is 0.309. The quantitative estimate of drug-likeness (QED) is 0.862. The zero-order valence-electron chi connectivity index (χ0n) is 11.2. The number of hydrogen-bond donors (Lipinski definition) is 0. The number of benzene rings is 1. The second-order valence-electron chi connectivity index (χ2n) is 4.47. The molecule has 1 atom stereocenters. The van der Waals surface area contributed by atoms with Crippen LogP contribution >= 0.6 is 0 Å². The first-order chi connectivity index (χ1) is 9.52. The molecule has 0 spiro atoms. The lowest BCUT2D eigenvalue weighted by atomic mass is 10.1. The Morgan fingerprint density at radius 2 is 1.90 bits per heavy atom. The van der Waals surface area contributed by atoms with Crippen LogP contribution in [0.1, 0.15) is 28.9 Å². The molecule has 1 amide bonds. The Morgan fingerprint density at radius 3 is 2.55 bits per heavy atom. The number of nitrogens with zero attached hydrogens (tertiary/aromatic N) is 2. The molecule has 20 heavy (non-hydrogen) atoms. The maximum atomic E-state index is 13.7. The molecule has 0 saturated carbocycles. The van der Waals surface area contributed by atoms with Gasteiger partial charge in [0.1, 0.15) is 5.82 Å². The van der Waals surface area contributed by atoms with E-state index in [1.54, 1.807) is 25.1 Å². The van der Waals surface area contributed by atoms with Crippen LogP contribution in [-0.4, -0.2) is 22.8 Å². The SMILES string of the molecule is CC(c1ccccc1F)N(C)C(=O)c1ccncc1F. The van der Waals surface area contributed by atoms with Gasteiger partial charge in [0, 0.05) is 18.8 Å². The third kappa shape index (κ3) is 2.66. The molecule has 0 fully saturated rings. The number of hydrogen-bond acceptors (Lipinski definition) is 2. The average molecular weight is 276 g/mol. The molecular formula is C15H14F2N2O. The van der Waals surface area contributed by atoms with Crippen molar-refractivity contribution >= 4 is 5.91 Å². The molecule has 0 aliphatic heterocycles. The van der Waals surface area contributed by atoms with Gasteiger partial charge in [-0.2, -0.15) is 0 Å². The summed E-state index contributed by atoms with van der Waals surface area (Å²) in [5.74, 6) is -1.60. The van der Waals surface area contributed by atoms with Crippen LogP contribution in [-0.2, 0) is 0 Å². The van der Waals surface area contributed by atoms with Crippen LogP contribution < -0.4 is 0 Å². The van der Waals surface area contributed by atoms with Crippen molar-refractivity contribution in [3.8, 4) is 0 Å². The number of pyridine rings is 1. The second kappa shape index (κ2) is 5.77. The Hall–Kier alpha value is -2.30. The summed E-state index contributed by atoms with van der Waals surface area (Å²) < 4.78 is 27.3. The first-order valence-corrected chi connectivity index (χ1v) is 6.13. The number of aromatic nitrogens is 1. The Bertz CT molecular complexity index is 631. The molecule has 5 heteroatoms. The van der Waals surface area contributed by atoms with Crippen molar-refractivity contribution in [2.24, 2.45) is 0 Å². The summed E-state index contributed by atoms with van der Waals surface area (Å²) in [6, 6.07) is 7.01. The molecule has 1 heterocycles. The largest absolute Gasteiger partial charge is 0.335 e. The standard InChI is InChI=1S/C15H14F2N2O/c1-10(11-5-3-4-6-13(11)16)19(2)15(20)12-7-8-18-9-14(12)17/h3-10H,1-2H3. The lowest BCUT2D eigenvalue weighted by molar-refractivity contribution is 0.0735. The van der Waals surface area contributed by atoms with Gasteiger partial charge in [-0.05, 0) is 19.1 Å². The van der Waals surface area contributed by atoms with E-state index < -0.39 is 23.6 Å². The van der Waals surface area contributed by atoms with Gasteiger partial charge >= 0.3 is 0 Å². The second-order valence-corrected chi connectivity index (χ2v) is 4.47. The monoisotopic (exact) mass is 276 g/mol. The fraction of sp³-hybridized carbons (Fsp3) is 0.200. The van der Waals surface area contributed by atoms with Gasteiger partial charge < -0.3 is 4.90 Å². The van der Waals surface area contributed by atoms with Gasteiger partial charge in [-0.3, -0.25) is 9.78 Å². The number of rotatable bonds is 3. The first-order valence-electron chi connectivity index (χ1n) is 6.13. The van der Waals surface area contributed by atoms with Gasteiger partial charge in [-0.25, -0.2) is 8.78 Å². The predicted molar refractivity (Wildman–Crippen MR) is 71.1 cm³/mol. The van der Waals surface area contributed by atoms with Gasteiger partial charge in [0.25, 0.3) is 5.91 Å². The summed E-state index contributed by atoms with van der Waals surface area (Å²) in [7, 11) is 1.51. The van der Waals surface area contributed by atoms with Crippen LogP contribution in [0.15, 0.2) is 42.7 Å². The number of carbonyl (C=O) groups is 1. The van der Waals surface area contributed by atoms with Gasteiger partial charge in [-0.15, -0.1) is 0 Å². The van der Waals surface area contributed by atoms with E-state index in [1.807, 2.05) is 0 Å². The Morgan fingerprint density at radius 1 is 1.20 bits per heavy atom. The molecule has 104 valence electrons. The molecule has 2 rings (SSSR count). The molecule has 0 bridgehead atoms. The van der Waals surface area contributed by atoms with E-state index in [9.17, 15) is 13.6 Å². The molecule has 3 nitrogen and oxygen atoms in total. The number of carbonyl (C=O) groups excluding carboxylic acids is 1. The Balaban J connectivity index is 2.28. The predicted octanol–water partition coefficient (Wildman–Crippen LogP) is 3.19. The highest BCUT2D eigenvalue weighted by atomic mass is 19.1. The number of amides is 1. The summed E-state index contributed by atoms with van der Waals surface area (Å²) in [4.78, 5) is 17.1. The van der Waals surface area contributed by atoms with E-state index in [4.69, 9.17) is 0 Å². The van der Waals surface area contributed by atoms with Gasteiger partial charge in [0.2, 0.25) is 0 Å². The molecule has 0 aliphatic rings. The van der Waals surface area contributed by atoms with E-state index in [0.717, 1.165) is 6.20 Å². The molecule has 2 aromatic rings.